The van der Waals surface area contributed by atoms with E-state index in [-0.39, 0.29) is 22.2 Å². The lowest BCUT2D eigenvalue weighted by Crippen LogP contribution is -2.41. The van der Waals surface area contributed by atoms with Gasteiger partial charge in [-0.3, -0.25) is 0 Å². The molecule has 1 aromatic rings. The standard InChI is InChI=1S/C14H21FN2O3S/c1-9-8-12(15)13(16)10(2)14(9)21(18,19)17(3)11-4-6-20-7-5-11/h8,11H,4-7,16H2,1-3H3. The number of anilines is 1. The summed E-state index contributed by atoms with van der Waals surface area (Å²) >= 11 is 0. The number of sulfonamides is 1. The van der Waals surface area contributed by atoms with Crippen LogP contribution in [-0.4, -0.2) is 39.0 Å². The molecule has 1 fully saturated rings. The number of hydrogen-bond donors (Lipinski definition) is 1. The third-order valence-corrected chi connectivity index (χ3v) is 6.25. The summed E-state index contributed by atoms with van der Waals surface area (Å²) in [5.74, 6) is -0.585. The Kier molecular flexibility index (Phi) is 4.55. The van der Waals surface area contributed by atoms with Crippen LogP contribution < -0.4 is 5.73 Å². The van der Waals surface area contributed by atoms with Gasteiger partial charge in [-0.15, -0.1) is 0 Å². The molecule has 1 saturated heterocycles. The summed E-state index contributed by atoms with van der Waals surface area (Å²) in [6.07, 6.45) is 1.31. The molecule has 5 nitrogen and oxygen atoms in total. The summed E-state index contributed by atoms with van der Waals surface area (Å²) in [4.78, 5) is 0.107. The Labute approximate surface area is 124 Å². The summed E-state index contributed by atoms with van der Waals surface area (Å²) < 4.78 is 45.9. The van der Waals surface area contributed by atoms with Crippen LogP contribution in [0.1, 0.15) is 24.0 Å². The molecule has 0 aromatic heterocycles. The molecular weight excluding hydrogens is 295 g/mol. The van der Waals surface area contributed by atoms with E-state index in [4.69, 9.17) is 10.5 Å². The van der Waals surface area contributed by atoms with E-state index in [0.29, 0.717) is 31.6 Å². The maximum Gasteiger partial charge on any atom is 0.243 e. The molecule has 1 aromatic carbocycles. The predicted molar refractivity (Wildman–Crippen MR) is 79.1 cm³/mol. The fourth-order valence-corrected chi connectivity index (χ4v) is 4.57. The molecule has 21 heavy (non-hydrogen) atoms. The molecule has 1 heterocycles. The monoisotopic (exact) mass is 316 g/mol. The number of halogens is 1. The van der Waals surface area contributed by atoms with Gasteiger partial charge >= 0.3 is 0 Å². The molecule has 0 atom stereocenters. The summed E-state index contributed by atoms with van der Waals surface area (Å²) in [5, 5.41) is 0. The van der Waals surface area contributed by atoms with Crippen LogP contribution in [0.25, 0.3) is 0 Å². The smallest absolute Gasteiger partial charge is 0.243 e. The van der Waals surface area contributed by atoms with E-state index in [1.54, 1.807) is 14.0 Å². The summed E-state index contributed by atoms with van der Waals surface area (Å²) in [6, 6.07) is 1.07. The van der Waals surface area contributed by atoms with E-state index < -0.39 is 15.8 Å². The van der Waals surface area contributed by atoms with E-state index in [1.165, 1.54) is 17.3 Å². The normalized spacial score (nSPS) is 17.4. The summed E-state index contributed by atoms with van der Waals surface area (Å²) in [5.41, 5.74) is 6.18. The number of nitrogens with two attached hydrogens (primary N) is 1. The Morgan fingerprint density at radius 2 is 1.90 bits per heavy atom. The molecule has 0 saturated carbocycles. The number of nitrogen functional groups attached to an aromatic ring is 1. The minimum Gasteiger partial charge on any atom is -0.396 e. The van der Waals surface area contributed by atoms with Crippen LogP contribution in [0.2, 0.25) is 0 Å². The van der Waals surface area contributed by atoms with Gasteiger partial charge in [0.05, 0.1) is 10.6 Å². The maximum atomic E-state index is 13.6. The first-order valence-electron chi connectivity index (χ1n) is 6.87. The molecule has 0 spiro atoms. The van der Waals surface area contributed by atoms with Crippen LogP contribution in [0.4, 0.5) is 10.1 Å². The van der Waals surface area contributed by atoms with Crippen molar-refractivity contribution in [1.82, 2.24) is 4.31 Å². The van der Waals surface area contributed by atoms with E-state index in [1.807, 2.05) is 0 Å². The Morgan fingerprint density at radius 1 is 1.33 bits per heavy atom. The lowest BCUT2D eigenvalue weighted by molar-refractivity contribution is 0.0632. The highest BCUT2D eigenvalue weighted by molar-refractivity contribution is 7.89. The Hall–Kier alpha value is -1.18. The van der Waals surface area contributed by atoms with E-state index >= 15 is 0 Å². The number of benzene rings is 1. The zero-order chi connectivity index (χ0) is 15.8. The van der Waals surface area contributed by atoms with Gasteiger partial charge < -0.3 is 10.5 Å². The summed E-state index contributed by atoms with van der Waals surface area (Å²) in [6.45, 7) is 4.22. The predicted octanol–water partition coefficient (Wildman–Crippen LogP) is 1.82. The van der Waals surface area contributed by atoms with Gasteiger partial charge in [0.15, 0.2) is 0 Å². The van der Waals surface area contributed by atoms with E-state index in [2.05, 4.69) is 0 Å². The maximum absolute atomic E-state index is 13.6. The molecule has 0 aliphatic carbocycles. The van der Waals surface area contributed by atoms with Gasteiger partial charge in [0, 0.05) is 26.3 Å². The van der Waals surface area contributed by atoms with Crippen LogP contribution in [0.3, 0.4) is 0 Å². The second-order valence-corrected chi connectivity index (χ2v) is 7.34. The first-order chi connectivity index (χ1) is 9.76. The first kappa shape index (κ1) is 16.2. The van der Waals surface area contributed by atoms with Gasteiger partial charge in [-0.25, -0.2) is 12.8 Å². The van der Waals surface area contributed by atoms with Crippen molar-refractivity contribution in [2.75, 3.05) is 26.0 Å². The third-order valence-electron chi connectivity index (χ3n) is 4.05. The van der Waals surface area contributed by atoms with Gasteiger partial charge in [0.2, 0.25) is 10.0 Å². The van der Waals surface area contributed by atoms with Crippen LogP contribution in [-0.2, 0) is 14.8 Å². The molecule has 0 radical (unpaired) electrons. The zero-order valence-corrected chi connectivity index (χ0v) is 13.3. The van der Waals surface area contributed by atoms with Crippen LogP contribution in [0.5, 0.6) is 0 Å². The fraction of sp³-hybridized carbons (Fsp3) is 0.571. The van der Waals surface area contributed by atoms with Gasteiger partial charge in [0.1, 0.15) is 5.82 Å². The highest BCUT2D eigenvalue weighted by Gasteiger charge is 2.32. The van der Waals surface area contributed by atoms with Crippen LogP contribution in [0.15, 0.2) is 11.0 Å². The van der Waals surface area contributed by atoms with Crippen molar-refractivity contribution in [3.63, 3.8) is 0 Å². The molecule has 0 unspecified atom stereocenters. The Bertz CT molecular complexity index is 640. The molecule has 1 aliphatic heterocycles. The molecule has 2 N–H and O–H groups in total. The quantitative estimate of drug-likeness (QED) is 0.864. The number of aryl methyl sites for hydroxylation is 1. The zero-order valence-electron chi connectivity index (χ0n) is 12.5. The van der Waals surface area contributed by atoms with Crippen molar-refractivity contribution in [2.24, 2.45) is 0 Å². The minimum absolute atomic E-state index is 0.103. The first-order valence-corrected chi connectivity index (χ1v) is 8.31. The lowest BCUT2D eigenvalue weighted by Gasteiger charge is -2.31. The topological polar surface area (TPSA) is 72.6 Å². The van der Waals surface area contributed by atoms with Crippen molar-refractivity contribution < 1.29 is 17.5 Å². The number of ether oxygens (including phenoxy) is 1. The van der Waals surface area contributed by atoms with Crippen LogP contribution in [0, 0.1) is 19.7 Å². The highest BCUT2D eigenvalue weighted by atomic mass is 32.2. The molecule has 2 rings (SSSR count). The van der Waals surface area contributed by atoms with E-state index in [9.17, 15) is 12.8 Å². The average molecular weight is 316 g/mol. The molecule has 1 aliphatic rings. The average Bonchev–Trinajstić information content (AvgIpc) is 2.44. The largest absolute Gasteiger partial charge is 0.396 e. The molecule has 118 valence electrons. The van der Waals surface area contributed by atoms with Gasteiger partial charge in [-0.05, 0) is 43.9 Å². The minimum atomic E-state index is -3.71. The third kappa shape index (κ3) is 2.90. The number of rotatable bonds is 3. The van der Waals surface area contributed by atoms with Crippen molar-refractivity contribution in [1.29, 1.82) is 0 Å². The van der Waals surface area contributed by atoms with Crippen molar-refractivity contribution in [3.8, 4) is 0 Å². The fourth-order valence-electron chi connectivity index (χ4n) is 2.72. The van der Waals surface area contributed by atoms with Crippen molar-refractivity contribution in [3.05, 3.63) is 23.0 Å². The van der Waals surface area contributed by atoms with Crippen molar-refractivity contribution in [2.45, 2.75) is 37.6 Å². The highest BCUT2D eigenvalue weighted by Crippen LogP contribution is 2.31. The number of hydrogen-bond acceptors (Lipinski definition) is 4. The lowest BCUT2D eigenvalue weighted by atomic mass is 10.1. The molecule has 0 bridgehead atoms. The van der Waals surface area contributed by atoms with Gasteiger partial charge in [-0.2, -0.15) is 4.31 Å². The second kappa shape index (κ2) is 5.90. The van der Waals surface area contributed by atoms with Gasteiger partial charge in [-0.1, -0.05) is 0 Å². The molecule has 7 heteroatoms. The molecular formula is C14H21FN2O3S. The van der Waals surface area contributed by atoms with Crippen molar-refractivity contribution >= 4 is 15.7 Å². The van der Waals surface area contributed by atoms with Crippen LogP contribution >= 0.6 is 0 Å². The second-order valence-electron chi connectivity index (χ2n) is 5.41. The van der Waals surface area contributed by atoms with E-state index in [0.717, 1.165) is 0 Å². The number of nitrogens with zero attached hydrogens (tertiary/aromatic N) is 1. The Balaban J connectivity index is 2.46. The summed E-state index contributed by atoms with van der Waals surface area (Å²) in [7, 11) is -2.15. The SMILES string of the molecule is Cc1cc(F)c(N)c(C)c1S(=O)(=O)N(C)C1CCOCC1. The molecule has 0 amide bonds. The Morgan fingerprint density at radius 3 is 2.48 bits per heavy atom. The van der Waals surface area contributed by atoms with Gasteiger partial charge in [0.25, 0.3) is 0 Å².